The minimum absolute atomic E-state index is 0.00941. The van der Waals surface area contributed by atoms with Crippen LogP contribution in [0, 0.1) is 11.7 Å². The number of hydrogen-bond acceptors (Lipinski definition) is 3. The van der Waals surface area contributed by atoms with Gasteiger partial charge in [-0.25, -0.2) is 4.39 Å². The Labute approximate surface area is 154 Å². The van der Waals surface area contributed by atoms with Gasteiger partial charge < -0.3 is 15.0 Å². The molecule has 1 atom stereocenters. The van der Waals surface area contributed by atoms with E-state index in [1.165, 1.54) is 12.1 Å². The Bertz CT molecular complexity index is 577. The standard InChI is InChI=1S/C20H29FN2O3/c1-2-3-12-26-13-4-10-22-20(25)17-14-19(24)23(15-17)11-9-16-5-7-18(21)8-6-16/h5-8,17H,2-4,9-15H2,1H3,(H,22,25). The minimum atomic E-state index is -0.281. The van der Waals surface area contributed by atoms with Crippen LogP contribution >= 0.6 is 0 Å². The van der Waals surface area contributed by atoms with Gasteiger partial charge in [-0.05, 0) is 37.0 Å². The van der Waals surface area contributed by atoms with Crippen molar-refractivity contribution in [2.24, 2.45) is 5.92 Å². The molecular formula is C20H29FN2O3. The zero-order chi connectivity index (χ0) is 18.8. The number of hydrogen-bond donors (Lipinski definition) is 1. The zero-order valence-corrected chi connectivity index (χ0v) is 15.5. The molecule has 1 aliphatic heterocycles. The average Bonchev–Trinajstić information content (AvgIpc) is 3.01. The van der Waals surface area contributed by atoms with Crippen molar-refractivity contribution in [1.82, 2.24) is 10.2 Å². The second-order valence-corrected chi connectivity index (χ2v) is 6.73. The summed E-state index contributed by atoms with van der Waals surface area (Å²) in [5, 5.41) is 2.90. The topological polar surface area (TPSA) is 58.6 Å². The van der Waals surface area contributed by atoms with Crippen molar-refractivity contribution in [3.63, 3.8) is 0 Å². The SMILES string of the molecule is CCCCOCCCNC(=O)C1CC(=O)N(CCc2ccc(F)cc2)C1. The minimum Gasteiger partial charge on any atom is -0.381 e. The summed E-state index contributed by atoms with van der Waals surface area (Å²) in [6.45, 7) is 5.12. The second-order valence-electron chi connectivity index (χ2n) is 6.73. The Hall–Kier alpha value is -1.95. The van der Waals surface area contributed by atoms with Crippen LogP contribution in [0.25, 0.3) is 0 Å². The highest BCUT2D eigenvalue weighted by molar-refractivity contribution is 5.89. The third kappa shape index (κ3) is 6.75. The zero-order valence-electron chi connectivity index (χ0n) is 15.5. The maximum absolute atomic E-state index is 12.9. The lowest BCUT2D eigenvalue weighted by Crippen LogP contribution is -2.34. The molecule has 1 unspecified atom stereocenters. The molecule has 6 heteroatoms. The Kier molecular flexibility index (Phi) is 8.54. The number of ether oxygens (including phenoxy) is 1. The first-order chi connectivity index (χ1) is 12.6. The molecule has 1 saturated heterocycles. The Morgan fingerprint density at radius 3 is 2.73 bits per heavy atom. The average molecular weight is 364 g/mol. The fraction of sp³-hybridized carbons (Fsp3) is 0.600. The van der Waals surface area contributed by atoms with E-state index in [0.717, 1.165) is 31.4 Å². The highest BCUT2D eigenvalue weighted by atomic mass is 19.1. The van der Waals surface area contributed by atoms with Crippen LogP contribution < -0.4 is 5.32 Å². The maximum Gasteiger partial charge on any atom is 0.225 e. The van der Waals surface area contributed by atoms with Crippen molar-refractivity contribution < 1.29 is 18.7 Å². The van der Waals surface area contributed by atoms with E-state index < -0.39 is 0 Å². The van der Waals surface area contributed by atoms with Gasteiger partial charge in [0.25, 0.3) is 0 Å². The van der Waals surface area contributed by atoms with E-state index in [9.17, 15) is 14.0 Å². The van der Waals surface area contributed by atoms with Gasteiger partial charge in [-0.1, -0.05) is 25.5 Å². The molecule has 1 aliphatic rings. The molecule has 1 aromatic rings. The van der Waals surface area contributed by atoms with Crippen LogP contribution in [0.1, 0.15) is 38.2 Å². The van der Waals surface area contributed by atoms with E-state index in [-0.39, 0.29) is 30.0 Å². The highest BCUT2D eigenvalue weighted by Gasteiger charge is 2.33. The summed E-state index contributed by atoms with van der Waals surface area (Å²) >= 11 is 0. The predicted molar refractivity (Wildman–Crippen MR) is 98.1 cm³/mol. The summed E-state index contributed by atoms with van der Waals surface area (Å²) in [6, 6.07) is 6.29. The molecular weight excluding hydrogens is 335 g/mol. The van der Waals surface area contributed by atoms with Gasteiger partial charge >= 0.3 is 0 Å². The van der Waals surface area contributed by atoms with Crippen LogP contribution in [0.4, 0.5) is 4.39 Å². The number of halogens is 1. The van der Waals surface area contributed by atoms with Crippen LogP contribution in [0.5, 0.6) is 0 Å². The number of rotatable bonds is 11. The van der Waals surface area contributed by atoms with Crippen LogP contribution in [-0.4, -0.2) is 49.6 Å². The molecule has 144 valence electrons. The van der Waals surface area contributed by atoms with E-state index in [2.05, 4.69) is 12.2 Å². The quantitative estimate of drug-likeness (QED) is 0.614. The number of carbonyl (C=O) groups is 2. The smallest absolute Gasteiger partial charge is 0.225 e. The van der Waals surface area contributed by atoms with Gasteiger partial charge in [0, 0.05) is 39.3 Å². The van der Waals surface area contributed by atoms with Crippen molar-refractivity contribution in [2.75, 3.05) is 32.8 Å². The van der Waals surface area contributed by atoms with Gasteiger partial charge in [-0.2, -0.15) is 0 Å². The van der Waals surface area contributed by atoms with Gasteiger partial charge in [0.15, 0.2) is 0 Å². The lowest BCUT2D eigenvalue weighted by molar-refractivity contribution is -0.129. The van der Waals surface area contributed by atoms with E-state index in [1.807, 2.05) is 0 Å². The van der Waals surface area contributed by atoms with Crippen LogP contribution in [0.3, 0.4) is 0 Å². The van der Waals surface area contributed by atoms with Crippen LogP contribution in [0.15, 0.2) is 24.3 Å². The molecule has 1 heterocycles. The molecule has 26 heavy (non-hydrogen) atoms. The summed E-state index contributed by atoms with van der Waals surface area (Å²) in [5.74, 6) is -0.596. The molecule has 0 bridgehead atoms. The van der Waals surface area contributed by atoms with Gasteiger partial charge in [-0.15, -0.1) is 0 Å². The first-order valence-electron chi connectivity index (χ1n) is 9.47. The predicted octanol–water partition coefficient (Wildman–Crippen LogP) is 2.54. The first kappa shape index (κ1) is 20.4. The number of carbonyl (C=O) groups excluding carboxylic acids is 2. The molecule has 5 nitrogen and oxygen atoms in total. The monoisotopic (exact) mass is 364 g/mol. The third-order valence-corrected chi connectivity index (χ3v) is 4.58. The van der Waals surface area contributed by atoms with Crippen LogP contribution in [0.2, 0.25) is 0 Å². The van der Waals surface area contributed by atoms with Gasteiger partial charge in [0.2, 0.25) is 11.8 Å². The third-order valence-electron chi connectivity index (χ3n) is 4.58. The Balaban J connectivity index is 1.64. The molecule has 0 saturated carbocycles. The molecule has 2 rings (SSSR count). The van der Waals surface area contributed by atoms with Crippen molar-refractivity contribution in [3.8, 4) is 0 Å². The number of benzene rings is 1. The fourth-order valence-electron chi connectivity index (χ4n) is 2.96. The number of nitrogens with zero attached hydrogens (tertiary/aromatic N) is 1. The summed E-state index contributed by atoms with van der Waals surface area (Å²) < 4.78 is 18.4. The maximum atomic E-state index is 12.9. The van der Waals surface area contributed by atoms with E-state index in [1.54, 1.807) is 17.0 Å². The van der Waals surface area contributed by atoms with E-state index >= 15 is 0 Å². The molecule has 2 amide bonds. The summed E-state index contributed by atoms with van der Waals surface area (Å²) in [4.78, 5) is 26.0. The molecule has 0 spiro atoms. The molecule has 0 radical (unpaired) electrons. The van der Waals surface area contributed by atoms with Gasteiger partial charge in [0.05, 0.1) is 5.92 Å². The molecule has 1 fully saturated rings. The number of amides is 2. The number of likely N-dealkylation sites (tertiary alicyclic amines) is 1. The summed E-state index contributed by atoms with van der Waals surface area (Å²) in [7, 11) is 0. The van der Waals surface area contributed by atoms with Crippen molar-refractivity contribution in [1.29, 1.82) is 0 Å². The van der Waals surface area contributed by atoms with Gasteiger partial charge in [-0.3, -0.25) is 9.59 Å². The number of nitrogens with one attached hydrogen (secondary N) is 1. The summed E-state index contributed by atoms with van der Waals surface area (Å²) in [5.41, 5.74) is 0.982. The number of unbranched alkanes of at least 4 members (excludes halogenated alkanes) is 1. The Morgan fingerprint density at radius 1 is 1.27 bits per heavy atom. The van der Waals surface area contributed by atoms with Crippen molar-refractivity contribution in [3.05, 3.63) is 35.6 Å². The molecule has 0 aliphatic carbocycles. The normalized spacial score (nSPS) is 16.9. The van der Waals surface area contributed by atoms with Gasteiger partial charge in [0.1, 0.15) is 5.82 Å². The Morgan fingerprint density at radius 2 is 2.00 bits per heavy atom. The van der Waals surface area contributed by atoms with E-state index in [4.69, 9.17) is 4.74 Å². The second kappa shape index (κ2) is 10.9. The van der Waals surface area contributed by atoms with Crippen molar-refractivity contribution >= 4 is 11.8 Å². The first-order valence-corrected chi connectivity index (χ1v) is 9.47. The fourth-order valence-corrected chi connectivity index (χ4v) is 2.96. The molecule has 1 aromatic carbocycles. The van der Waals surface area contributed by atoms with E-state index in [0.29, 0.717) is 32.7 Å². The van der Waals surface area contributed by atoms with Crippen molar-refractivity contribution in [2.45, 2.75) is 39.0 Å². The van der Waals surface area contributed by atoms with Crippen LogP contribution in [-0.2, 0) is 20.7 Å². The largest absolute Gasteiger partial charge is 0.381 e. The lowest BCUT2D eigenvalue weighted by atomic mass is 10.1. The molecule has 1 N–H and O–H groups in total. The lowest BCUT2D eigenvalue weighted by Gasteiger charge is -2.16. The molecule has 0 aromatic heterocycles. The summed E-state index contributed by atoms with van der Waals surface area (Å²) in [6.07, 6.45) is 3.89. The highest BCUT2D eigenvalue weighted by Crippen LogP contribution is 2.18.